The fraction of sp³-hybridized carbons (Fsp3) is 0.200. The van der Waals surface area contributed by atoms with E-state index in [1.807, 2.05) is 0 Å². The molecule has 0 saturated carbocycles. The van der Waals surface area contributed by atoms with Crippen LogP contribution in [0.1, 0.15) is 12.0 Å². The second-order valence-corrected chi connectivity index (χ2v) is 6.53. The van der Waals surface area contributed by atoms with E-state index in [4.69, 9.17) is 22.7 Å². The molecular formula is C15H14N2O5S2. The van der Waals surface area contributed by atoms with Crippen LogP contribution in [0.15, 0.2) is 29.2 Å². The molecule has 1 heterocycles. The fourth-order valence-electron chi connectivity index (χ4n) is 2.11. The normalized spacial score (nSPS) is 17.2. The molecule has 1 fully saturated rings. The Kier molecular flexibility index (Phi) is 5.58. The molecule has 9 heteroatoms. The number of benzene rings is 1. The lowest BCUT2D eigenvalue weighted by Crippen LogP contribution is -2.46. The van der Waals surface area contributed by atoms with Gasteiger partial charge in [0, 0.05) is 0 Å². The van der Waals surface area contributed by atoms with Crippen LogP contribution in [0.3, 0.4) is 0 Å². The van der Waals surface area contributed by atoms with Gasteiger partial charge in [0.25, 0.3) is 5.91 Å². The molecule has 1 aromatic rings. The van der Waals surface area contributed by atoms with Crippen LogP contribution in [-0.2, 0) is 14.4 Å². The summed E-state index contributed by atoms with van der Waals surface area (Å²) in [5.74, 6) is -2.11. The van der Waals surface area contributed by atoms with E-state index in [1.165, 1.54) is 7.11 Å². The predicted molar refractivity (Wildman–Crippen MR) is 93.2 cm³/mol. The summed E-state index contributed by atoms with van der Waals surface area (Å²) in [6, 6.07) is 5.61. The highest BCUT2D eigenvalue weighted by Crippen LogP contribution is 2.35. The molecule has 0 aliphatic carbocycles. The molecule has 126 valence electrons. The van der Waals surface area contributed by atoms with Gasteiger partial charge in [-0.15, -0.1) is 0 Å². The number of rotatable bonds is 6. The van der Waals surface area contributed by atoms with Crippen molar-refractivity contribution >= 4 is 52.2 Å². The number of methoxy groups -OCH3 is 1. The second kappa shape index (κ2) is 7.45. The maximum atomic E-state index is 12.5. The Bertz CT molecular complexity index is 747. The number of thioether (sulfide) groups is 1. The van der Waals surface area contributed by atoms with Crippen molar-refractivity contribution in [3.8, 4) is 5.75 Å². The summed E-state index contributed by atoms with van der Waals surface area (Å²) in [5, 5.41) is 9.26. The number of carboxylic acid groups (broad SMARTS) is 1. The number of carbonyl (C=O) groups is 3. The molecule has 1 unspecified atom stereocenters. The number of hydrogen-bond donors (Lipinski definition) is 2. The molecule has 1 aliphatic rings. The first kappa shape index (κ1) is 18.0. The molecule has 0 spiro atoms. The summed E-state index contributed by atoms with van der Waals surface area (Å²) in [6.07, 6.45) is 1.08. The van der Waals surface area contributed by atoms with Crippen molar-refractivity contribution in [2.45, 2.75) is 12.5 Å². The Morgan fingerprint density at radius 1 is 1.50 bits per heavy atom. The number of thiocarbonyl (C=S) groups is 1. The van der Waals surface area contributed by atoms with E-state index < -0.39 is 30.2 Å². The Balaban J connectivity index is 2.31. The summed E-state index contributed by atoms with van der Waals surface area (Å²) in [5.41, 5.74) is 5.77. The van der Waals surface area contributed by atoms with E-state index in [9.17, 15) is 19.5 Å². The van der Waals surface area contributed by atoms with Crippen LogP contribution in [0, 0.1) is 0 Å². The van der Waals surface area contributed by atoms with Crippen LogP contribution < -0.4 is 10.5 Å². The average Bonchev–Trinajstić information content (AvgIpc) is 2.79. The standard InChI is InChI=1S/C15H14N2O5S2/c1-22-9-4-2-3-8(5-9)6-11-13(19)17(15(23)24-11)10(14(20)21)7-12(16)18/h2-6,10H,7H2,1H3,(H2,16,18)(H,20,21)/b11-6-. The summed E-state index contributed by atoms with van der Waals surface area (Å²) < 4.78 is 5.19. The second-order valence-electron chi connectivity index (χ2n) is 4.85. The van der Waals surface area contributed by atoms with E-state index in [0.717, 1.165) is 16.7 Å². The lowest BCUT2D eigenvalue weighted by atomic mass is 10.1. The third-order valence-electron chi connectivity index (χ3n) is 3.21. The molecule has 2 rings (SSSR count). The fourth-order valence-corrected chi connectivity index (χ4v) is 3.47. The highest BCUT2D eigenvalue weighted by atomic mass is 32.2. The molecule has 1 aliphatic heterocycles. The van der Waals surface area contributed by atoms with Crippen molar-refractivity contribution in [3.05, 3.63) is 34.7 Å². The molecule has 0 aromatic heterocycles. The zero-order chi connectivity index (χ0) is 17.9. The number of primary amides is 1. The van der Waals surface area contributed by atoms with E-state index in [1.54, 1.807) is 30.3 Å². The van der Waals surface area contributed by atoms with Crippen LogP contribution >= 0.6 is 24.0 Å². The van der Waals surface area contributed by atoms with Crippen molar-refractivity contribution in [2.75, 3.05) is 7.11 Å². The van der Waals surface area contributed by atoms with Gasteiger partial charge >= 0.3 is 5.97 Å². The van der Waals surface area contributed by atoms with Crippen molar-refractivity contribution in [1.82, 2.24) is 4.90 Å². The number of amides is 2. The average molecular weight is 366 g/mol. The van der Waals surface area contributed by atoms with Crippen molar-refractivity contribution in [2.24, 2.45) is 5.73 Å². The van der Waals surface area contributed by atoms with Gasteiger partial charge in [0.2, 0.25) is 5.91 Å². The van der Waals surface area contributed by atoms with Gasteiger partial charge in [0.05, 0.1) is 18.4 Å². The van der Waals surface area contributed by atoms with Gasteiger partial charge in [-0.3, -0.25) is 14.5 Å². The first-order valence-corrected chi connectivity index (χ1v) is 7.98. The van der Waals surface area contributed by atoms with Crippen LogP contribution in [0.4, 0.5) is 0 Å². The Hall–Kier alpha value is -2.39. The lowest BCUT2D eigenvalue weighted by molar-refractivity contribution is -0.146. The maximum absolute atomic E-state index is 12.5. The predicted octanol–water partition coefficient (Wildman–Crippen LogP) is 1.22. The van der Waals surface area contributed by atoms with Gasteiger partial charge in [-0.2, -0.15) is 0 Å². The number of aliphatic carboxylic acids is 1. The van der Waals surface area contributed by atoms with Crippen LogP contribution in [0.25, 0.3) is 6.08 Å². The largest absolute Gasteiger partial charge is 0.497 e. The third kappa shape index (κ3) is 3.92. The van der Waals surface area contributed by atoms with Crippen molar-refractivity contribution in [1.29, 1.82) is 0 Å². The SMILES string of the molecule is COc1cccc(/C=C2\SC(=S)N(C(CC(N)=O)C(=O)O)C2=O)c1. The van der Waals surface area contributed by atoms with E-state index >= 15 is 0 Å². The first-order chi connectivity index (χ1) is 11.3. The summed E-state index contributed by atoms with van der Waals surface area (Å²) in [6.45, 7) is 0. The molecule has 2 amide bonds. The van der Waals surface area contributed by atoms with Gasteiger partial charge in [-0.1, -0.05) is 36.1 Å². The molecule has 0 bridgehead atoms. The van der Waals surface area contributed by atoms with Gasteiger partial charge < -0.3 is 15.6 Å². The molecular weight excluding hydrogens is 352 g/mol. The van der Waals surface area contributed by atoms with Gasteiger partial charge in [0.15, 0.2) is 0 Å². The topological polar surface area (TPSA) is 110 Å². The zero-order valence-electron chi connectivity index (χ0n) is 12.6. The Morgan fingerprint density at radius 2 is 2.21 bits per heavy atom. The molecule has 24 heavy (non-hydrogen) atoms. The lowest BCUT2D eigenvalue weighted by Gasteiger charge is -2.21. The third-order valence-corrected chi connectivity index (χ3v) is 4.54. The molecule has 1 aromatic carbocycles. The minimum Gasteiger partial charge on any atom is -0.497 e. The summed E-state index contributed by atoms with van der Waals surface area (Å²) >= 11 is 6.07. The highest BCUT2D eigenvalue weighted by molar-refractivity contribution is 8.26. The van der Waals surface area contributed by atoms with Gasteiger partial charge in [-0.25, -0.2) is 4.79 Å². The minimum atomic E-state index is -1.41. The number of carbonyl (C=O) groups excluding carboxylic acids is 2. The Labute approximate surface area is 147 Å². The molecule has 7 nitrogen and oxygen atoms in total. The van der Waals surface area contributed by atoms with Crippen LogP contribution in [0.2, 0.25) is 0 Å². The summed E-state index contributed by atoms with van der Waals surface area (Å²) in [4.78, 5) is 36.1. The van der Waals surface area contributed by atoms with Gasteiger partial charge in [-0.05, 0) is 23.8 Å². The van der Waals surface area contributed by atoms with E-state index in [0.29, 0.717) is 11.3 Å². The molecule has 1 saturated heterocycles. The zero-order valence-corrected chi connectivity index (χ0v) is 14.2. The highest BCUT2D eigenvalue weighted by Gasteiger charge is 2.41. The maximum Gasteiger partial charge on any atom is 0.327 e. The monoisotopic (exact) mass is 366 g/mol. The number of hydrogen-bond acceptors (Lipinski definition) is 6. The van der Waals surface area contributed by atoms with Crippen molar-refractivity contribution in [3.63, 3.8) is 0 Å². The molecule has 3 N–H and O–H groups in total. The van der Waals surface area contributed by atoms with Crippen LogP contribution in [0.5, 0.6) is 5.75 Å². The number of ether oxygens (including phenoxy) is 1. The Morgan fingerprint density at radius 3 is 2.79 bits per heavy atom. The molecule has 1 atom stereocenters. The minimum absolute atomic E-state index is 0.0720. The number of nitrogens with two attached hydrogens (primary N) is 1. The molecule has 0 radical (unpaired) electrons. The van der Waals surface area contributed by atoms with Crippen LogP contribution in [-0.4, -0.2) is 45.3 Å². The first-order valence-electron chi connectivity index (χ1n) is 6.75. The van der Waals surface area contributed by atoms with E-state index in [2.05, 4.69) is 0 Å². The van der Waals surface area contributed by atoms with Gasteiger partial charge in [0.1, 0.15) is 16.1 Å². The summed E-state index contributed by atoms with van der Waals surface area (Å²) in [7, 11) is 1.53. The smallest absolute Gasteiger partial charge is 0.327 e. The number of nitrogens with zero attached hydrogens (tertiary/aromatic N) is 1. The van der Waals surface area contributed by atoms with Crippen molar-refractivity contribution < 1.29 is 24.2 Å². The quantitative estimate of drug-likeness (QED) is 0.575. The number of carboxylic acids is 1. The van der Waals surface area contributed by atoms with E-state index in [-0.39, 0.29) is 9.23 Å².